The molecule has 0 aliphatic carbocycles. The Morgan fingerprint density at radius 2 is 1.96 bits per heavy atom. The Morgan fingerprint density at radius 1 is 1.21 bits per heavy atom. The highest BCUT2D eigenvalue weighted by Crippen LogP contribution is 2.28. The normalized spacial score (nSPS) is 14.0. The predicted octanol–water partition coefficient (Wildman–Crippen LogP) is 3.23. The molecule has 8 nitrogen and oxygen atoms in total. The lowest BCUT2D eigenvalue weighted by atomic mass is 10.3. The van der Waals surface area contributed by atoms with Gasteiger partial charge < -0.3 is 25.2 Å². The van der Waals surface area contributed by atoms with Gasteiger partial charge in [0, 0.05) is 43.8 Å². The number of anilines is 3. The number of aromatic nitrogens is 2. The van der Waals surface area contributed by atoms with E-state index in [0.29, 0.717) is 42.6 Å². The van der Waals surface area contributed by atoms with Crippen LogP contribution < -0.4 is 20.3 Å². The van der Waals surface area contributed by atoms with Crippen molar-refractivity contribution >= 4 is 35.0 Å². The van der Waals surface area contributed by atoms with Crippen LogP contribution in [0.25, 0.3) is 0 Å². The Labute approximate surface area is 169 Å². The van der Waals surface area contributed by atoms with Crippen LogP contribution >= 0.6 is 11.6 Å². The van der Waals surface area contributed by atoms with Crippen molar-refractivity contribution in [1.82, 2.24) is 14.9 Å². The molecule has 1 fully saturated rings. The van der Waals surface area contributed by atoms with Gasteiger partial charge in [0.1, 0.15) is 23.2 Å². The van der Waals surface area contributed by atoms with Crippen LogP contribution in [0.15, 0.2) is 24.3 Å². The van der Waals surface area contributed by atoms with E-state index >= 15 is 0 Å². The SMILES string of the molecule is CCNc1cc(N2CCN(C(=O)Nc3cc(Cl)ccc3OC)CC2)nc(C)n1. The summed E-state index contributed by atoms with van der Waals surface area (Å²) in [5.74, 6) is 2.99. The molecule has 0 bridgehead atoms. The number of methoxy groups -OCH3 is 1. The van der Waals surface area contributed by atoms with Gasteiger partial charge in [-0.05, 0) is 32.0 Å². The summed E-state index contributed by atoms with van der Waals surface area (Å²) in [6, 6.07) is 6.91. The van der Waals surface area contributed by atoms with Crippen molar-refractivity contribution in [3.8, 4) is 5.75 Å². The van der Waals surface area contributed by atoms with Gasteiger partial charge in [0.25, 0.3) is 0 Å². The van der Waals surface area contributed by atoms with Gasteiger partial charge >= 0.3 is 6.03 Å². The van der Waals surface area contributed by atoms with Crippen LogP contribution in [0.1, 0.15) is 12.7 Å². The number of nitrogens with one attached hydrogen (secondary N) is 2. The summed E-state index contributed by atoms with van der Waals surface area (Å²) in [5, 5.41) is 6.65. The molecular formula is C19H25ClN6O2. The molecule has 3 rings (SSSR count). The molecule has 2 amide bonds. The van der Waals surface area contributed by atoms with Crippen LogP contribution in [0.4, 0.5) is 22.1 Å². The highest BCUT2D eigenvalue weighted by atomic mass is 35.5. The fraction of sp³-hybridized carbons (Fsp3) is 0.421. The summed E-state index contributed by atoms with van der Waals surface area (Å²) >= 11 is 6.03. The van der Waals surface area contributed by atoms with Crippen molar-refractivity contribution in [3.05, 3.63) is 35.1 Å². The van der Waals surface area contributed by atoms with Crippen LogP contribution in [0.5, 0.6) is 5.75 Å². The van der Waals surface area contributed by atoms with E-state index in [9.17, 15) is 4.79 Å². The Kier molecular flexibility index (Phi) is 6.41. The standard InChI is InChI=1S/C19H25ClN6O2/c1-4-21-17-12-18(23-13(2)22-17)25-7-9-26(10-8-25)19(27)24-15-11-14(20)5-6-16(15)28-3/h5-6,11-12H,4,7-10H2,1-3H3,(H,24,27)(H,21,22,23). The third-order valence-corrected chi connectivity index (χ3v) is 4.71. The minimum Gasteiger partial charge on any atom is -0.495 e. The summed E-state index contributed by atoms with van der Waals surface area (Å²) in [6.45, 7) is 7.29. The zero-order valence-electron chi connectivity index (χ0n) is 16.3. The minimum absolute atomic E-state index is 0.174. The predicted molar refractivity (Wildman–Crippen MR) is 112 cm³/mol. The number of nitrogens with zero attached hydrogens (tertiary/aromatic N) is 4. The molecule has 1 aromatic carbocycles. The van der Waals surface area contributed by atoms with Gasteiger partial charge in [-0.1, -0.05) is 11.6 Å². The number of piperazine rings is 1. The van der Waals surface area contributed by atoms with Crippen LogP contribution in [0.3, 0.4) is 0 Å². The lowest BCUT2D eigenvalue weighted by molar-refractivity contribution is 0.208. The monoisotopic (exact) mass is 404 g/mol. The quantitative estimate of drug-likeness (QED) is 0.796. The zero-order chi connectivity index (χ0) is 20.1. The molecule has 0 atom stereocenters. The number of carbonyl (C=O) groups is 1. The number of amides is 2. The summed E-state index contributed by atoms with van der Waals surface area (Å²) < 4.78 is 5.29. The van der Waals surface area contributed by atoms with Gasteiger partial charge in [-0.15, -0.1) is 0 Å². The fourth-order valence-corrected chi connectivity index (χ4v) is 3.27. The van der Waals surface area contributed by atoms with Gasteiger partial charge in [0.05, 0.1) is 12.8 Å². The van der Waals surface area contributed by atoms with Crippen LogP contribution in [0, 0.1) is 6.92 Å². The third kappa shape index (κ3) is 4.75. The van der Waals surface area contributed by atoms with Gasteiger partial charge in [-0.25, -0.2) is 14.8 Å². The van der Waals surface area contributed by atoms with Gasteiger partial charge in [0.15, 0.2) is 0 Å². The maximum atomic E-state index is 12.6. The van der Waals surface area contributed by atoms with E-state index in [0.717, 1.165) is 24.0 Å². The number of urea groups is 1. The van der Waals surface area contributed by atoms with E-state index in [-0.39, 0.29) is 6.03 Å². The molecule has 0 saturated carbocycles. The first-order valence-corrected chi connectivity index (χ1v) is 9.62. The smallest absolute Gasteiger partial charge is 0.322 e. The molecule has 0 spiro atoms. The van der Waals surface area contributed by atoms with E-state index in [1.165, 1.54) is 0 Å². The second-order valence-corrected chi connectivity index (χ2v) is 6.87. The number of aryl methyl sites for hydroxylation is 1. The van der Waals surface area contributed by atoms with Crippen LogP contribution in [-0.4, -0.2) is 60.7 Å². The second-order valence-electron chi connectivity index (χ2n) is 6.44. The molecule has 1 aromatic heterocycles. The molecule has 0 unspecified atom stereocenters. The maximum Gasteiger partial charge on any atom is 0.322 e. The number of carbonyl (C=O) groups excluding carboxylic acids is 1. The highest BCUT2D eigenvalue weighted by Gasteiger charge is 2.23. The molecule has 1 saturated heterocycles. The highest BCUT2D eigenvalue weighted by molar-refractivity contribution is 6.31. The lowest BCUT2D eigenvalue weighted by Crippen LogP contribution is -2.50. The largest absolute Gasteiger partial charge is 0.495 e. The molecule has 28 heavy (non-hydrogen) atoms. The van der Waals surface area contributed by atoms with Gasteiger partial charge in [0.2, 0.25) is 0 Å². The molecule has 2 N–H and O–H groups in total. The Balaban J connectivity index is 1.62. The van der Waals surface area contributed by atoms with Crippen LogP contribution in [-0.2, 0) is 0 Å². The Morgan fingerprint density at radius 3 is 2.64 bits per heavy atom. The molecule has 0 radical (unpaired) electrons. The molecular weight excluding hydrogens is 380 g/mol. The number of halogens is 1. The lowest BCUT2D eigenvalue weighted by Gasteiger charge is -2.35. The topological polar surface area (TPSA) is 82.6 Å². The average molecular weight is 405 g/mol. The van der Waals surface area contributed by atoms with Crippen molar-refractivity contribution in [1.29, 1.82) is 0 Å². The summed E-state index contributed by atoms with van der Waals surface area (Å²) in [5.41, 5.74) is 0.559. The van der Waals surface area contributed by atoms with Crippen molar-refractivity contribution < 1.29 is 9.53 Å². The Bertz CT molecular complexity index is 839. The molecule has 9 heteroatoms. The molecule has 2 aromatic rings. The van der Waals surface area contributed by atoms with Crippen molar-refractivity contribution in [2.24, 2.45) is 0 Å². The zero-order valence-corrected chi connectivity index (χ0v) is 17.1. The molecule has 2 heterocycles. The first-order valence-electron chi connectivity index (χ1n) is 9.24. The number of hydrogen-bond acceptors (Lipinski definition) is 6. The first kappa shape index (κ1) is 20.0. The third-order valence-electron chi connectivity index (χ3n) is 4.48. The number of hydrogen-bond donors (Lipinski definition) is 2. The van der Waals surface area contributed by atoms with Crippen molar-refractivity contribution in [2.75, 3.05) is 55.4 Å². The average Bonchev–Trinajstić information content (AvgIpc) is 2.68. The van der Waals surface area contributed by atoms with E-state index < -0.39 is 0 Å². The van der Waals surface area contributed by atoms with Gasteiger partial charge in [-0.3, -0.25) is 0 Å². The number of rotatable bonds is 5. The van der Waals surface area contributed by atoms with Crippen LogP contribution in [0.2, 0.25) is 5.02 Å². The summed E-state index contributed by atoms with van der Waals surface area (Å²) in [4.78, 5) is 25.5. The van der Waals surface area contributed by atoms with E-state index in [1.807, 2.05) is 19.9 Å². The van der Waals surface area contributed by atoms with Crippen molar-refractivity contribution in [2.45, 2.75) is 13.8 Å². The maximum absolute atomic E-state index is 12.6. The van der Waals surface area contributed by atoms with E-state index in [2.05, 4.69) is 25.5 Å². The summed E-state index contributed by atoms with van der Waals surface area (Å²) in [6.07, 6.45) is 0. The number of benzene rings is 1. The molecule has 150 valence electrons. The fourth-order valence-electron chi connectivity index (χ4n) is 3.10. The van der Waals surface area contributed by atoms with Gasteiger partial charge in [-0.2, -0.15) is 0 Å². The van der Waals surface area contributed by atoms with E-state index in [4.69, 9.17) is 16.3 Å². The molecule has 1 aliphatic rings. The second kappa shape index (κ2) is 8.97. The number of ether oxygens (including phenoxy) is 1. The molecule has 1 aliphatic heterocycles. The first-order chi connectivity index (χ1) is 13.5. The summed E-state index contributed by atoms with van der Waals surface area (Å²) in [7, 11) is 1.56. The Hall–Kier alpha value is -2.74. The van der Waals surface area contributed by atoms with E-state index in [1.54, 1.807) is 30.2 Å². The van der Waals surface area contributed by atoms with Crippen molar-refractivity contribution in [3.63, 3.8) is 0 Å². The minimum atomic E-state index is -0.174.